The van der Waals surface area contributed by atoms with E-state index in [0.717, 1.165) is 0 Å². The third kappa shape index (κ3) is 2.37. The predicted molar refractivity (Wildman–Crippen MR) is 86.0 cm³/mol. The number of aromatic hydroxyl groups is 1. The standard InChI is InChI=1S/C16H15N3O5/c1-7-10(15(22)24-2)11(8-5-3-4-6-9(8)20)12-13(17-7)18-16(23)19-14(12)21/h3-6,11,20H,1-2H3,(H3,17,18,19,21,23). The summed E-state index contributed by atoms with van der Waals surface area (Å²) in [6, 6.07) is 6.38. The fourth-order valence-corrected chi connectivity index (χ4v) is 2.91. The van der Waals surface area contributed by atoms with E-state index < -0.39 is 23.1 Å². The van der Waals surface area contributed by atoms with Crippen molar-refractivity contribution in [2.75, 3.05) is 12.4 Å². The van der Waals surface area contributed by atoms with Gasteiger partial charge in [0.15, 0.2) is 0 Å². The van der Waals surface area contributed by atoms with Crippen LogP contribution in [0.2, 0.25) is 0 Å². The number of carbonyl (C=O) groups is 1. The maximum Gasteiger partial charge on any atom is 0.336 e. The van der Waals surface area contributed by atoms with Gasteiger partial charge in [0.05, 0.1) is 24.2 Å². The van der Waals surface area contributed by atoms with E-state index in [1.165, 1.54) is 13.2 Å². The molecule has 124 valence electrons. The molecule has 2 heterocycles. The summed E-state index contributed by atoms with van der Waals surface area (Å²) in [5.74, 6) is -1.41. The molecule has 0 saturated carbocycles. The molecule has 8 heteroatoms. The molecule has 1 aromatic carbocycles. The maximum atomic E-state index is 12.4. The molecule has 1 aromatic heterocycles. The lowest BCUT2D eigenvalue weighted by Gasteiger charge is -2.28. The van der Waals surface area contributed by atoms with Crippen molar-refractivity contribution < 1.29 is 14.6 Å². The molecule has 0 amide bonds. The molecule has 1 aliphatic heterocycles. The summed E-state index contributed by atoms with van der Waals surface area (Å²) in [7, 11) is 1.23. The third-order valence-corrected chi connectivity index (χ3v) is 3.93. The van der Waals surface area contributed by atoms with E-state index in [2.05, 4.69) is 15.3 Å². The summed E-state index contributed by atoms with van der Waals surface area (Å²) in [6.07, 6.45) is 0. The molecular weight excluding hydrogens is 314 g/mol. The number of rotatable bonds is 2. The van der Waals surface area contributed by atoms with Crippen molar-refractivity contribution in [3.63, 3.8) is 0 Å². The zero-order chi connectivity index (χ0) is 17.4. The molecule has 24 heavy (non-hydrogen) atoms. The number of phenols is 1. The van der Waals surface area contributed by atoms with Crippen LogP contribution >= 0.6 is 0 Å². The highest BCUT2D eigenvalue weighted by atomic mass is 16.5. The zero-order valence-corrected chi connectivity index (χ0v) is 13.0. The molecule has 4 N–H and O–H groups in total. The highest BCUT2D eigenvalue weighted by Crippen LogP contribution is 2.41. The van der Waals surface area contributed by atoms with E-state index in [-0.39, 0.29) is 22.7 Å². The summed E-state index contributed by atoms with van der Waals surface area (Å²) in [6.45, 7) is 1.63. The van der Waals surface area contributed by atoms with Crippen LogP contribution in [-0.2, 0) is 9.53 Å². The predicted octanol–water partition coefficient (Wildman–Crippen LogP) is 0.773. The van der Waals surface area contributed by atoms with E-state index in [1.54, 1.807) is 25.1 Å². The first-order chi connectivity index (χ1) is 11.4. The minimum absolute atomic E-state index is 0.0739. The SMILES string of the molecule is COC(=O)C1=C(C)Nc2[nH]c(=O)[nH]c(=O)c2C1c1ccccc1O. The summed E-state index contributed by atoms with van der Waals surface area (Å²) in [5, 5.41) is 13.1. The van der Waals surface area contributed by atoms with Crippen molar-refractivity contribution in [1.29, 1.82) is 0 Å². The second-order valence-corrected chi connectivity index (χ2v) is 5.34. The first-order valence-corrected chi connectivity index (χ1v) is 7.14. The lowest BCUT2D eigenvalue weighted by Crippen LogP contribution is -2.34. The average molecular weight is 329 g/mol. The second kappa shape index (κ2) is 5.73. The number of aromatic nitrogens is 2. The van der Waals surface area contributed by atoms with Gasteiger partial charge in [0, 0.05) is 11.3 Å². The van der Waals surface area contributed by atoms with Gasteiger partial charge in [-0.3, -0.25) is 14.8 Å². The number of ether oxygens (including phenoxy) is 1. The Bertz CT molecular complexity index is 970. The van der Waals surface area contributed by atoms with Gasteiger partial charge in [-0.2, -0.15) is 0 Å². The molecule has 1 aliphatic rings. The molecule has 2 aromatic rings. The first kappa shape index (κ1) is 15.6. The number of hydrogen-bond donors (Lipinski definition) is 4. The van der Waals surface area contributed by atoms with Gasteiger partial charge in [0.2, 0.25) is 0 Å². The van der Waals surface area contributed by atoms with Crippen LogP contribution in [0.4, 0.5) is 5.82 Å². The Hall–Kier alpha value is -3.29. The van der Waals surface area contributed by atoms with Gasteiger partial charge in [-0.05, 0) is 13.0 Å². The Kier molecular flexibility index (Phi) is 3.72. The van der Waals surface area contributed by atoms with Gasteiger partial charge in [0.25, 0.3) is 5.56 Å². The zero-order valence-electron chi connectivity index (χ0n) is 13.0. The first-order valence-electron chi connectivity index (χ1n) is 7.14. The van der Waals surface area contributed by atoms with E-state index in [1.807, 2.05) is 0 Å². The van der Waals surface area contributed by atoms with Crippen LogP contribution in [0.1, 0.15) is 24.0 Å². The highest BCUT2D eigenvalue weighted by molar-refractivity contribution is 5.94. The number of aromatic amines is 2. The quantitative estimate of drug-likeness (QED) is 0.603. The minimum atomic E-state index is -0.879. The lowest BCUT2D eigenvalue weighted by molar-refractivity contribution is -0.136. The van der Waals surface area contributed by atoms with Crippen molar-refractivity contribution >= 4 is 11.8 Å². The van der Waals surface area contributed by atoms with E-state index in [4.69, 9.17) is 4.74 Å². The Morgan fingerprint density at radius 3 is 2.58 bits per heavy atom. The number of benzene rings is 1. The van der Waals surface area contributed by atoms with E-state index in [9.17, 15) is 19.5 Å². The molecular formula is C16H15N3O5. The van der Waals surface area contributed by atoms with Crippen molar-refractivity contribution in [2.24, 2.45) is 0 Å². The third-order valence-electron chi connectivity index (χ3n) is 3.93. The Morgan fingerprint density at radius 1 is 1.21 bits per heavy atom. The Balaban J connectivity index is 2.37. The number of carbonyl (C=O) groups excluding carboxylic acids is 1. The Morgan fingerprint density at radius 2 is 1.92 bits per heavy atom. The van der Waals surface area contributed by atoms with Crippen LogP contribution < -0.4 is 16.6 Å². The van der Waals surface area contributed by atoms with Gasteiger partial charge in [-0.25, -0.2) is 9.59 Å². The van der Waals surface area contributed by atoms with Crippen molar-refractivity contribution in [3.05, 3.63) is 67.5 Å². The summed E-state index contributed by atoms with van der Waals surface area (Å²) in [5.41, 5.74) is -0.229. The van der Waals surface area contributed by atoms with Gasteiger partial charge in [-0.15, -0.1) is 0 Å². The molecule has 3 rings (SSSR count). The number of methoxy groups -OCH3 is 1. The molecule has 0 bridgehead atoms. The monoisotopic (exact) mass is 329 g/mol. The summed E-state index contributed by atoms with van der Waals surface area (Å²) in [4.78, 5) is 40.8. The van der Waals surface area contributed by atoms with Crippen LogP contribution in [0, 0.1) is 0 Å². The molecule has 0 radical (unpaired) electrons. The molecule has 8 nitrogen and oxygen atoms in total. The molecule has 1 unspecified atom stereocenters. The molecule has 0 saturated heterocycles. The van der Waals surface area contributed by atoms with Crippen molar-refractivity contribution in [1.82, 2.24) is 9.97 Å². The van der Waals surface area contributed by atoms with Crippen molar-refractivity contribution in [3.8, 4) is 5.75 Å². The summed E-state index contributed by atoms with van der Waals surface area (Å²) >= 11 is 0. The molecule has 0 fully saturated rings. The van der Waals surface area contributed by atoms with Gasteiger partial charge in [-0.1, -0.05) is 18.2 Å². The number of para-hydroxylation sites is 1. The van der Waals surface area contributed by atoms with Gasteiger partial charge >= 0.3 is 11.7 Å². The van der Waals surface area contributed by atoms with Crippen molar-refractivity contribution in [2.45, 2.75) is 12.8 Å². The number of hydrogen-bond acceptors (Lipinski definition) is 6. The average Bonchev–Trinajstić information content (AvgIpc) is 2.53. The highest BCUT2D eigenvalue weighted by Gasteiger charge is 2.36. The normalized spacial score (nSPS) is 16.3. The number of fused-ring (bicyclic) bond motifs is 1. The molecule has 1 atom stereocenters. The topological polar surface area (TPSA) is 124 Å². The fourth-order valence-electron chi connectivity index (χ4n) is 2.91. The number of anilines is 1. The lowest BCUT2D eigenvalue weighted by atomic mass is 9.82. The van der Waals surface area contributed by atoms with Crippen LogP contribution in [0.5, 0.6) is 5.75 Å². The fraction of sp³-hybridized carbons (Fsp3) is 0.188. The summed E-state index contributed by atoms with van der Waals surface area (Å²) < 4.78 is 4.83. The number of H-pyrrole nitrogens is 2. The number of phenolic OH excluding ortho intramolecular Hbond substituents is 1. The number of nitrogens with one attached hydrogen (secondary N) is 3. The largest absolute Gasteiger partial charge is 0.508 e. The maximum absolute atomic E-state index is 12.4. The van der Waals surface area contributed by atoms with Crippen LogP contribution in [0.25, 0.3) is 0 Å². The number of allylic oxidation sites excluding steroid dienone is 1. The second-order valence-electron chi connectivity index (χ2n) is 5.34. The van der Waals surface area contributed by atoms with E-state index in [0.29, 0.717) is 11.3 Å². The van der Waals surface area contributed by atoms with Gasteiger partial charge in [0.1, 0.15) is 11.6 Å². The van der Waals surface area contributed by atoms with Crippen LogP contribution in [0.15, 0.2) is 45.1 Å². The minimum Gasteiger partial charge on any atom is -0.508 e. The van der Waals surface area contributed by atoms with Crippen LogP contribution in [0.3, 0.4) is 0 Å². The molecule has 0 aliphatic carbocycles. The molecule has 0 spiro atoms. The van der Waals surface area contributed by atoms with Gasteiger partial charge < -0.3 is 15.2 Å². The Labute approximate surface area is 135 Å². The number of esters is 1. The van der Waals surface area contributed by atoms with Crippen LogP contribution in [-0.4, -0.2) is 28.2 Å². The van der Waals surface area contributed by atoms with E-state index >= 15 is 0 Å². The smallest absolute Gasteiger partial charge is 0.336 e.